The van der Waals surface area contributed by atoms with Gasteiger partial charge in [0, 0.05) is 30.3 Å². The number of H-pyrrole nitrogens is 2. The zero-order valence-electron chi connectivity index (χ0n) is 14.2. The minimum absolute atomic E-state index is 0.0913. The standard InChI is InChI=1S/C18H19N3O5/c1-10-12(16(23)20-18(26)19-10)7-15(22)21-8-13(14(9-21)17(24)25)11-5-3-2-4-6-11/h2-6,13-14H,7-9H2,1H3,(H,24,25)(H2,19,20,23,26)/t13-,14+/m0/s1. The zero-order valence-corrected chi connectivity index (χ0v) is 14.2. The van der Waals surface area contributed by atoms with E-state index in [1.54, 1.807) is 6.92 Å². The van der Waals surface area contributed by atoms with E-state index in [1.165, 1.54) is 4.90 Å². The Morgan fingerprint density at radius 2 is 1.85 bits per heavy atom. The number of carbonyl (C=O) groups excluding carboxylic acids is 1. The van der Waals surface area contributed by atoms with Crippen LogP contribution >= 0.6 is 0 Å². The van der Waals surface area contributed by atoms with Gasteiger partial charge in [-0.1, -0.05) is 30.3 Å². The summed E-state index contributed by atoms with van der Waals surface area (Å²) < 4.78 is 0. The molecule has 2 atom stereocenters. The predicted octanol–water partition coefficient (Wildman–Crippen LogP) is 0.241. The van der Waals surface area contributed by atoms with Gasteiger partial charge < -0.3 is 15.0 Å². The number of aryl methyl sites for hydroxylation is 1. The van der Waals surface area contributed by atoms with Crippen molar-refractivity contribution in [3.8, 4) is 0 Å². The molecule has 1 amide bonds. The summed E-state index contributed by atoms with van der Waals surface area (Å²) in [6.07, 6.45) is -0.189. The van der Waals surface area contributed by atoms with Gasteiger partial charge in [-0.2, -0.15) is 0 Å². The SMILES string of the molecule is Cc1[nH]c(=O)[nH]c(=O)c1CC(=O)N1C[C@@H](C(=O)O)[C@H](c2ccccc2)C1. The molecule has 0 bridgehead atoms. The number of amides is 1. The predicted molar refractivity (Wildman–Crippen MR) is 93.0 cm³/mol. The molecule has 2 aromatic rings. The van der Waals surface area contributed by atoms with Crippen LogP contribution in [-0.2, 0) is 16.0 Å². The third-order valence-corrected chi connectivity index (χ3v) is 4.80. The Morgan fingerprint density at radius 3 is 2.46 bits per heavy atom. The summed E-state index contributed by atoms with van der Waals surface area (Å²) in [4.78, 5) is 53.5. The number of nitrogens with zero attached hydrogens (tertiary/aromatic N) is 1. The van der Waals surface area contributed by atoms with E-state index in [-0.39, 0.29) is 36.9 Å². The van der Waals surface area contributed by atoms with E-state index < -0.39 is 23.1 Å². The number of aliphatic carboxylic acids is 1. The molecule has 1 aliphatic heterocycles. The van der Waals surface area contributed by atoms with Crippen LogP contribution in [0.1, 0.15) is 22.7 Å². The number of rotatable bonds is 4. The summed E-state index contributed by atoms with van der Waals surface area (Å²) in [6, 6.07) is 9.23. The van der Waals surface area contributed by atoms with E-state index in [1.807, 2.05) is 30.3 Å². The molecule has 0 saturated carbocycles. The van der Waals surface area contributed by atoms with Crippen LogP contribution in [0, 0.1) is 12.8 Å². The Bertz CT molecular complexity index is 947. The van der Waals surface area contributed by atoms with Crippen LogP contribution in [0.4, 0.5) is 0 Å². The van der Waals surface area contributed by atoms with E-state index in [9.17, 15) is 24.3 Å². The number of hydrogen-bond donors (Lipinski definition) is 3. The van der Waals surface area contributed by atoms with Gasteiger partial charge in [-0.05, 0) is 12.5 Å². The maximum atomic E-state index is 12.6. The van der Waals surface area contributed by atoms with Crippen LogP contribution in [0.5, 0.6) is 0 Å². The fourth-order valence-electron chi connectivity index (χ4n) is 3.40. The summed E-state index contributed by atoms with van der Waals surface area (Å²) in [7, 11) is 0. The largest absolute Gasteiger partial charge is 0.481 e. The number of aromatic nitrogens is 2. The number of hydrogen-bond acceptors (Lipinski definition) is 4. The summed E-state index contributed by atoms with van der Waals surface area (Å²) in [6.45, 7) is 1.92. The van der Waals surface area contributed by atoms with Crippen LogP contribution in [0.15, 0.2) is 39.9 Å². The van der Waals surface area contributed by atoms with Gasteiger partial charge in [-0.15, -0.1) is 0 Å². The molecule has 1 aromatic heterocycles. The lowest BCUT2D eigenvalue weighted by Crippen LogP contribution is -2.35. The third kappa shape index (κ3) is 3.44. The second-order valence-corrected chi connectivity index (χ2v) is 6.45. The number of carbonyl (C=O) groups is 2. The Morgan fingerprint density at radius 1 is 1.15 bits per heavy atom. The van der Waals surface area contributed by atoms with Crippen LogP contribution < -0.4 is 11.2 Å². The number of benzene rings is 1. The molecular formula is C18H19N3O5. The maximum Gasteiger partial charge on any atom is 0.325 e. The highest BCUT2D eigenvalue weighted by molar-refractivity contribution is 5.81. The minimum Gasteiger partial charge on any atom is -0.481 e. The molecule has 1 aliphatic rings. The monoisotopic (exact) mass is 357 g/mol. The molecule has 3 N–H and O–H groups in total. The van der Waals surface area contributed by atoms with Crippen molar-refractivity contribution < 1.29 is 14.7 Å². The first-order valence-electron chi connectivity index (χ1n) is 8.24. The molecular weight excluding hydrogens is 338 g/mol. The van der Waals surface area contributed by atoms with Gasteiger partial charge in [0.15, 0.2) is 0 Å². The summed E-state index contributed by atoms with van der Waals surface area (Å²) in [5.41, 5.74) is 0.159. The normalized spacial score (nSPS) is 19.5. The molecule has 8 nitrogen and oxygen atoms in total. The topological polar surface area (TPSA) is 123 Å². The molecule has 3 rings (SSSR count). The molecule has 0 unspecified atom stereocenters. The van der Waals surface area contributed by atoms with Gasteiger partial charge in [0.1, 0.15) is 0 Å². The lowest BCUT2D eigenvalue weighted by atomic mass is 9.89. The van der Waals surface area contributed by atoms with Crippen molar-refractivity contribution in [1.82, 2.24) is 14.9 Å². The van der Waals surface area contributed by atoms with Crippen molar-refractivity contribution in [2.75, 3.05) is 13.1 Å². The van der Waals surface area contributed by atoms with Gasteiger partial charge >= 0.3 is 11.7 Å². The van der Waals surface area contributed by atoms with Crippen LogP contribution in [-0.4, -0.2) is 44.9 Å². The second kappa shape index (κ2) is 6.99. The average molecular weight is 357 g/mol. The van der Waals surface area contributed by atoms with Crippen molar-refractivity contribution >= 4 is 11.9 Å². The Hall–Kier alpha value is -3.16. The number of carboxylic acid groups (broad SMARTS) is 1. The first kappa shape index (κ1) is 17.7. The highest BCUT2D eigenvalue weighted by Crippen LogP contribution is 2.33. The number of likely N-dealkylation sites (tertiary alicyclic amines) is 1. The van der Waals surface area contributed by atoms with Crippen LogP contribution in [0.25, 0.3) is 0 Å². The molecule has 136 valence electrons. The second-order valence-electron chi connectivity index (χ2n) is 6.45. The average Bonchev–Trinajstić information content (AvgIpc) is 3.04. The highest BCUT2D eigenvalue weighted by atomic mass is 16.4. The van der Waals surface area contributed by atoms with Crippen molar-refractivity contribution in [2.45, 2.75) is 19.3 Å². The third-order valence-electron chi connectivity index (χ3n) is 4.80. The van der Waals surface area contributed by atoms with Crippen molar-refractivity contribution in [2.24, 2.45) is 5.92 Å². The summed E-state index contributed by atoms with van der Waals surface area (Å²) >= 11 is 0. The lowest BCUT2D eigenvalue weighted by molar-refractivity contribution is -0.141. The molecule has 1 saturated heterocycles. The van der Waals surface area contributed by atoms with E-state index in [0.29, 0.717) is 5.69 Å². The zero-order chi connectivity index (χ0) is 18.8. The molecule has 8 heteroatoms. The van der Waals surface area contributed by atoms with Gasteiger partial charge in [0.05, 0.1) is 12.3 Å². The highest BCUT2D eigenvalue weighted by Gasteiger charge is 2.40. The number of aromatic amines is 2. The van der Waals surface area contributed by atoms with E-state index in [0.717, 1.165) is 5.56 Å². The Kier molecular flexibility index (Phi) is 4.75. The molecule has 2 heterocycles. The molecule has 26 heavy (non-hydrogen) atoms. The minimum atomic E-state index is -0.952. The Labute approximate surface area is 148 Å². The Balaban J connectivity index is 1.82. The summed E-state index contributed by atoms with van der Waals surface area (Å²) in [5, 5.41) is 9.52. The molecule has 1 fully saturated rings. The summed E-state index contributed by atoms with van der Waals surface area (Å²) in [5.74, 6) is -2.29. The van der Waals surface area contributed by atoms with Crippen molar-refractivity contribution in [3.63, 3.8) is 0 Å². The van der Waals surface area contributed by atoms with E-state index in [2.05, 4.69) is 9.97 Å². The quantitative estimate of drug-likeness (QED) is 0.723. The van der Waals surface area contributed by atoms with Crippen molar-refractivity contribution in [1.29, 1.82) is 0 Å². The maximum absolute atomic E-state index is 12.6. The van der Waals surface area contributed by atoms with Gasteiger partial charge in [0.25, 0.3) is 5.56 Å². The lowest BCUT2D eigenvalue weighted by Gasteiger charge is -2.17. The fourth-order valence-corrected chi connectivity index (χ4v) is 3.40. The molecule has 0 aliphatic carbocycles. The number of carboxylic acids is 1. The van der Waals surface area contributed by atoms with Crippen molar-refractivity contribution in [3.05, 3.63) is 68.0 Å². The smallest absolute Gasteiger partial charge is 0.325 e. The van der Waals surface area contributed by atoms with E-state index >= 15 is 0 Å². The molecule has 0 radical (unpaired) electrons. The van der Waals surface area contributed by atoms with Crippen LogP contribution in [0.2, 0.25) is 0 Å². The fraction of sp³-hybridized carbons (Fsp3) is 0.333. The first-order valence-corrected chi connectivity index (χ1v) is 8.24. The van der Waals surface area contributed by atoms with Crippen LogP contribution in [0.3, 0.4) is 0 Å². The molecule has 1 aromatic carbocycles. The first-order chi connectivity index (χ1) is 12.4. The van der Waals surface area contributed by atoms with E-state index in [4.69, 9.17) is 0 Å². The van der Waals surface area contributed by atoms with Gasteiger partial charge in [-0.3, -0.25) is 19.4 Å². The molecule has 0 spiro atoms. The number of nitrogens with one attached hydrogen (secondary N) is 2. The van der Waals surface area contributed by atoms with Gasteiger partial charge in [0.2, 0.25) is 5.91 Å². The van der Waals surface area contributed by atoms with Gasteiger partial charge in [-0.25, -0.2) is 4.79 Å².